The molecule has 0 spiro atoms. The number of carboxylic acids is 2. The van der Waals surface area contributed by atoms with Crippen molar-refractivity contribution in [1.82, 2.24) is 0 Å². The summed E-state index contributed by atoms with van der Waals surface area (Å²) in [6.45, 7) is 0. The number of rotatable bonds is 6. The number of hydrogen-bond acceptors (Lipinski definition) is 6. The van der Waals surface area contributed by atoms with Crippen molar-refractivity contribution in [1.29, 1.82) is 0 Å². The molecule has 8 heteroatoms. The summed E-state index contributed by atoms with van der Waals surface area (Å²) in [5.74, 6) is -1.70. The first-order valence-corrected chi connectivity index (χ1v) is 6.70. The molecule has 0 bridgehead atoms. The van der Waals surface area contributed by atoms with Gasteiger partial charge in [-0.1, -0.05) is 6.07 Å². The molecular weight excluding hydrogens is 316 g/mol. The van der Waals surface area contributed by atoms with E-state index in [1.165, 1.54) is 26.4 Å². The van der Waals surface area contributed by atoms with Crippen LogP contribution < -0.4 is 9.47 Å². The molecule has 0 amide bonds. The van der Waals surface area contributed by atoms with Gasteiger partial charge in [0.05, 0.1) is 31.0 Å². The summed E-state index contributed by atoms with van der Waals surface area (Å²) in [7, 11) is 2.92. The van der Waals surface area contributed by atoms with Crippen molar-refractivity contribution in [3.8, 4) is 11.5 Å². The maximum atomic E-state index is 11.1. The molecule has 0 saturated heterocycles. The Morgan fingerprint density at radius 2 is 1.38 bits per heavy atom. The number of ether oxygens (including phenoxy) is 2. The molecule has 124 valence electrons. The highest BCUT2D eigenvalue weighted by Crippen LogP contribution is 2.38. The van der Waals surface area contributed by atoms with Crippen molar-refractivity contribution in [2.75, 3.05) is 14.2 Å². The predicted octanol–water partition coefficient (Wildman–Crippen LogP) is 3.52. The van der Waals surface area contributed by atoms with Crippen molar-refractivity contribution in [3.63, 3.8) is 0 Å². The van der Waals surface area contributed by atoms with E-state index < -0.39 is 11.9 Å². The van der Waals surface area contributed by atoms with Gasteiger partial charge in [0.2, 0.25) is 0 Å². The zero-order valence-corrected chi connectivity index (χ0v) is 12.9. The highest BCUT2D eigenvalue weighted by Gasteiger charge is 2.12. The van der Waals surface area contributed by atoms with Crippen LogP contribution in [0.15, 0.2) is 46.6 Å². The van der Waals surface area contributed by atoms with Gasteiger partial charge in [0.25, 0.3) is 0 Å². The molecule has 0 atom stereocenters. The van der Waals surface area contributed by atoms with Gasteiger partial charge in [-0.2, -0.15) is 5.11 Å². The van der Waals surface area contributed by atoms with E-state index in [-0.39, 0.29) is 16.8 Å². The maximum absolute atomic E-state index is 11.1. The fraction of sp³-hybridized carbons (Fsp3) is 0.125. The first-order valence-electron chi connectivity index (χ1n) is 6.70. The second kappa shape index (κ2) is 7.23. The Bertz CT molecular complexity index is 762. The lowest BCUT2D eigenvalue weighted by Gasteiger charge is -2.08. The lowest BCUT2D eigenvalue weighted by molar-refractivity contribution is 0.0696. The van der Waals surface area contributed by atoms with E-state index in [9.17, 15) is 9.59 Å². The summed E-state index contributed by atoms with van der Waals surface area (Å²) in [4.78, 5) is 22.2. The highest BCUT2D eigenvalue weighted by atomic mass is 16.5. The van der Waals surface area contributed by atoms with Crippen molar-refractivity contribution >= 4 is 23.3 Å². The Morgan fingerprint density at radius 3 is 1.79 bits per heavy atom. The van der Waals surface area contributed by atoms with Gasteiger partial charge < -0.3 is 19.7 Å². The van der Waals surface area contributed by atoms with E-state index in [0.717, 1.165) is 6.07 Å². The third kappa shape index (κ3) is 3.67. The number of nitrogens with zero attached hydrogens (tertiary/aromatic N) is 2. The number of aromatic carboxylic acids is 2. The molecule has 0 aliphatic heterocycles. The smallest absolute Gasteiger partial charge is 0.335 e. The molecule has 0 aromatic heterocycles. The Hall–Kier alpha value is -3.42. The summed E-state index contributed by atoms with van der Waals surface area (Å²) in [6.07, 6.45) is 0. The molecule has 2 aromatic carbocycles. The summed E-state index contributed by atoms with van der Waals surface area (Å²) in [5.41, 5.74) is -0.00737. The second-order valence-electron chi connectivity index (χ2n) is 4.59. The quantitative estimate of drug-likeness (QED) is 0.782. The van der Waals surface area contributed by atoms with Gasteiger partial charge in [-0.05, 0) is 30.3 Å². The van der Waals surface area contributed by atoms with Gasteiger partial charge in [0.1, 0.15) is 11.5 Å². The predicted molar refractivity (Wildman–Crippen MR) is 84.1 cm³/mol. The third-order valence-electron chi connectivity index (χ3n) is 3.08. The lowest BCUT2D eigenvalue weighted by Crippen LogP contribution is -2.01. The molecule has 24 heavy (non-hydrogen) atoms. The van der Waals surface area contributed by atoms with Gasteiger partial charge in [-0.25, -0.2) is 9.59 Å². The van der Waals surface area contributed by atoms with Gasteiger partial charge >= 0.3 is 11.9 Å². The monoisotopic (exact) mass is 330 g/mol. The number of methoxy groups -OCH3 is 2. The van der Waals surface area contributed by atoms with Crippen LogP contribution in [0.1, 0.15) is 20.7 Å². The molecular formula is C16H14N2O6. The molecule has 2 rings (SSSR count). The fourth-order valence-electron chi connectivity index (χ4n) is 1.95. The standard InChI is InChI=1S/C16H14N2O6/c1-23-12-4-3-5-13(24-2)14(12)18-17-11-7-9(15(19)20)6-10(8-11)16(21)22/h3-8H,1-2H3,(H,19,20)(H,21,22). The Kier molecular flexibility index (Phi) is 5.10. The van der Waals surface area contributed by atoms with Gasteiger partial charge in [0, 0.05) is 0 Å². The number of azo groups is 1. The fourth-order valence-corrected chi connectivity index (χ4v) is 1.95. The lowest BCUT2D eigenvalue weighted by atomic mass is 10.1. The molecule has 2 aromatic rings. The topological polar surface area (TPSA) is 118 Å². The van der Waals surface area contributed by atoms with E-state index in [0.29, 0.717) is 17.2 Å². The first-order chi connectivity index (χ1) is 11.5. The van der Waals surface area contributed by atoms with Gasteiger partial charge in [0.15, 0.2) is 5.69 Å². The van der Waals surface area contributed by atoms with Crippen molar-refractivity contribution in [2.45, 2.75) is 0 Å². The number of carbonyl (C=O) groups is 2. The third-order valence-corrected chi connectivity index (χ3v) is 3.08. The van der Waals surface area contributed by atoms with E-state index >= 15 is 0 Å². The van der Waals surface area contributed by atoms with Crippen LogP contribution in [-0.4, -0.2) is 36.4 Å². The molecule has 0 aliphatic rings. The summed E-state index contributed by atoms with van der Waals surface area (Å²) in [6, 6.07) is 8.53. The van der Waals surface area contributed by atoms with Crippen LogP contribution >= 0.6 is 0 Å². The van der Waals surface area contributed by atoms with E-state index in [1.54, 1.807) is 18.2 Å². The SMILES string of the molecule is COc1cccc(OC)c1N=Nc1cc(C(=O)O)cc(C(=O)O)c1. The number of benzene rings is 2. The van der Waals surface area contributed by atoms with Crippen molar-refractivity contribution in [3.05, 3.63) is 47.5 Å². The average molecular weight is 330 g/mol. The minimum Gasteiger partial charge on any atom is -0.494 e. The van der Waals surface area contributed by atoms with Crippen LogP contribution in [0.4, 0.5) is 11.4 Å². The Labute approximate surface area is 137 Å². The van der Waals surface area contributed by atoms with E-state index in [4.69, 9.17) is 19.7 Å². The number of carboxylic acid groups (broad SMARTS) is 2. The largest absolute Gasteiger partial charge is 0.494 e. The minimum absolute atomic E-state index is 0.0836. The average Bonchev–Trinajstić information content (AvgIpc) is 2.59. The van der Waals surface area contributed by atoms with Gasteiger partial charge in [-0.3, -0.25) is 0 Å². The molecule has 0 aliphatic carbocycles. The Balaban J connectivity index is 2.50. The van der Waals surface area contributed by atoms with Crippen LogP contribution in [0, 0.1) is 0 Å². The normalized spacial score (nSPS) is 10.6. The van der Waals surface area contributed by atoms with Crippen molar-refractivity contribution in [2.24, 2.45) is 10.2 Å². The van der Waals surface area contributed by atoms with Crippen LogP contribution in [0.5, 0.6) is 11.5 Å². The van der Waals surface area contributed by atoms with Crippen molar-refractivity contribution < 1.29 is 29.3 Å². The minimum atomic E-state index is -1.26. The molecule has 0 fully saturated rings. The summed E-state index contributed by atoms with van der Waals surface area (Å²) in [5, 5.41) is 26.0. The Morgan fingerprint density at radius 1 is 0.875 bits per heavy atom. The zero-order chi connectivity index (χ0) is 17.7. The molecule has 0 saturated carbocycles. The van der Waals surface area contributed by atoms with Gasteiger partial charge in [-0.15, -0.1) is 5.11 Å². The second-order valence-corrected chi connectivity index (χ2v) is 4.59. The number of hydrogen-bond donors (Lipinski definition) is 2. The van der Waals surface area contributed by atoms with Crippen LogP contribution in [0.3, 0.4) is 0 Å². The molecule has 2 N–H and O–H groups in total. The first kappa shape index (κ1) is 16.9. The summed E-state index contributed by atoms with van der Waals surface area (Å²) >= 11 is 0. The highest BCUT2D eigenvalue weighted by molar-refractivity contribution is 5.95. The molecule has 0 radical (unpaired) electrons. The zero-order valence-electron chi connectivity index (χ0n) is 12.9. The van der Waals surface area contributed by atoms with Crippen LogP contribution in [0.2, 0.25) is 0 Å². The molecule has 0 heterocycles. The maximum Gasteiger partial charge on any atom is 0.335 e. The molecule has 0 unspecified atom stereocenters. The van der Waals surface area contributed by atoms with Crippen LogP contribution in [0.25, 0.3) is 0 Å². The van der Waals surface area contributed by atoms with E-state index in [1.807, 2.05) is 0 Å². The summed E-state index contributed by atoms with van der Waals surface area (Å²) < 4.78 is 10.4. The molecule has 8 nitrogen and oxygen atoms in total. The van der Waals surface area contributed by atoms with E-state index in [2.05, 4.69) is 10.2 Å². The van der Waals surface area contributed by atoms with Crippen LogP contribution in [-0.2, 0) is 0 Å².